The van der Waals surface area contributed by atoms with Crippen LogP contribution in [0.3, 0.4) is 0 Å². The van der Waals surface area contributed by atoms with Crippen molar-refractivity contribution in [1.29, 1.82) is 0 Å². The minimum absolute atomic E-state index is 0.421. The van der Waals surface area contributed by atoms with Crippen LogP contribution in [0, 0.1) is 0 Å². The Morgan fingerprint density at radius 3 is 2.72 bits per heavy atom. The topological polar surface area (TPSA) is 76.8 Å². The molecule has 0 unspecified atom stereocenters. The third-order valence-corrected chi connectivity index (χ3v) is 4.91. The number of pyridine rings is 1. The number of hydrogen-bond acceptors (Lipinski definition) is 8. The molecule has 2 aliphatic rings. The van der Waals surface area contributed by atoms with Crippen LogP contribution >= 0.6 is 0 Å². The van der Waals surface area contributed by atoms with Crippen LogP contribution in [0.4, 0.5) is 5.95 Å². The summed E-state index contributed by atoms with van der Waals surface area (Å²) >= 11 is 0. The van der Waals surface area contributed by atoms with Gasteiger partial charge in [-0.25, -0.2) is 0 Å². The van der Waals surface area contributed by atoms with E-state index < -0.39 is 0 Å². The Kier molecular flexibility index (Phi) is 4.80. The molecule has 2 fully saturated rings. The van der Waals surface area contributed by atoms with Gasteiger partial charge in [-0.3, -0.25) is 9.88 Å². The van der Waals surface area contributed by atoms with E-state index in [1.807, 2.05) is 0 Å². The van der Waals surface area contributed by atoms with Gasteiger partial charge in [-0.15, -0.1) is 0 Å². The lowest BCUT2D eigenvalue weighted by Gasteiger charge is -2.39. The molecule has 0 atom stereocenters. The molecule has 4 rings (SSSR count). The van der Waals surface area contributed by atoms with Crippen LogP contribution in [0.15, 0.2) is 22.9 Å². The molecule has 0 N–H and O–H groups in total. The number of nitrogens with zero attached hydrogens (tertiary/aromatic N) is 5. The molecule has 2 aromatic rings. The first-order chi connectivity index (χ1) is 12.3. The zero-order valence-corrected chi connectivity index (χ0v) is 14.4. The summed E-state index contributed by atoms with van der Waals surface area (Å²) in [5.74, 6) is 1.78. The highest BCUT2D eigenvalue weighted by molar-refractivity contribution is 5.51. The third kappa shape index (κ3) is 3.59. The molecular formula is C17H23N5O3. The summed E-state index contributed by atoms with van der Waals surface area (Å²) in [4.78, 5) is 13.5. The molecule has 0 bridgehead atoms. The fraction of sp³-hybridized carbons (Fsp3) is 0.588. The first kappa shape index (κ1) is 16.3. The Labute approximate surface area is 146 Å². The molecule has 2 aliphatic heterocycles. The predicted molar refractivity (Wildman–Crippen MR) is 91.7 cm³/mol. The van der Waals surface area contributed by atoms with E-state index in [9.17, 15) is 0 Å². The van der Waals surface area contributed by atoms with Gasteiger partial charge in [0.25, 0.3) is 11.8 Å². The molecule has 0 spiro atoms. The maximum Gasteiger partial charge on any atom is 0.278 e. The van der Waals surface area contributed by atoms with Gasteiger partial charge in [-0.1, -0.05) is 0 Å². The summed E-state index contributed by atoms with van der Waals surface area (Å²) in [7, 11) is 1.62. The summed E-state index contributed by atoms with van der Waals surface area (Å²) in [6.45, 7) is 5.65. The molecule has 2 saturated heterocycles. The second-order valence-electron chi connectivity index (χ2n) is 6.35. The van der Waals surface area contributed by atoms with Gasteiger partial charge in [0, 0.05) is 44.5 Å². The van der Waals surface area contributed by atoms with Crippen molar-refractivity contribution in [3.8, 4) is 17.3 Å². The molecule has 0 aromatic carbocycles. The van der Waals surface area contributed by atoms with Crippen LogP contribution in [0.5, 0.6) is 5.75 Å². The molecular weight excluding hydrogens is 322 g/mol. The van der Waals surface area contributed by atoms with Crippen LogP contribution in [0.25, 0.3) is 11.6 Å². The summed E-state index contributed by atoms with van der Waals surface area (Å²) in [5.41, 5.74) is 0.626. The van der Waals surface area contributed by atoms with E-state index in [4.69, 9.17) is 14.0 Å². The van der Waals surface area contributed by atoms with E-state index >= 15 is 0 Å². The fourth-order valence-electron chi connectivity index (χ4n) is 3.48. The highest BCUT2D eigenvalue weighted by Gasteiger charge is 2.27. The molecule has 2 aromatic heterocycles. The molecule has 25 heavy (non-hydrogen) atoms. The zero-order valence-electron chi connectivity index (χ0n) is 14.4. The first-order valence-corrected chi connectivity index (χ1v) is 8.74. The van der Waals surface area contributed by atoms with Crippen LogP contribution in [0.2, 0.25) is 0 Å². The van der Waals surface area contributed by atoms with Gasteiger partial charge < -0.3 is 18.9 Å². The number of aromatic nitrogens is 3. The van der Waals surface area contributed by atoms with E-state index in [1.165, 1.54) is 0 Å². The monoisotopic (exact) mass is 345 g/mol. The summed E-state index contributed by atoms with van der Waals surface area (Å²) < 4.78 is 16.1. The largest absolute Gasteiger partial charge is 0.497 e. The predicted octanol–water partition coefficient (Wildman–Crippen LogP) is 1.44. The van der Waals surface area contributed by atoms with Crippen LogP contribution < -0.4 is 9.64 Å². The SMILES string of the molecule is COc1ccnc(-c2nc(N3CCC(N4CCOCC4)CC3)no2)c1. The Bertz CT molecular complexity index is 693. The average molecular weight is 345 g/mol. The van der Waals surface area contributed by atoms with Crippen molar-refractivity contribution in [2.24, 2.45) is 0 Å². The Balaban J connectivity index is 1.39. The minimum atomic E-state index is 0.421. The van der Waals surface area contributed by atoms with Gasteiger partial charge in [-0.05, 0) is 24.1 Å². The Morgan fingerprint density at radius 2 is 1.96 bits per heavy atom. The van der Waals surface area contributed by atoms with Crippen molar-refractivity contribution >= 4 is 5.95 Å². The normalized spacial score (nSPS) is 20.0. The summed E-state index contributed by atoms with van der Waals surface area (Å²) in [5, 5.41) is 4.13. The van der Waals surface area contributed by atoms with Gasteiger partial charge in [0.05, 0.1) is 20.3 Å². The number of rotatable bonds is 4. The molecule has 0 aliphatic carbocycles. The molecule has 0 saturated carbocycles. The van der Waals surface area contributed by atoms with Crippen molar-refractivity contribution in [1.82, 2.24) is 20.0 Å². The smallest absolute Gasteiger partial charge is 0.278 e. The van der Waals surface area contributed by atoms with E-state index in [-0.39, 0.29) is 0 Å². The lowest BCUT2D eigenvalue weighted by Crippen LogP contribution is -2.49. The van der Waals surface area contributed by atoms with Crippen molar-refractivity contribution in [2.45, 2.75) is 18.9 Å². The van der Waals surface area contributed by atoms with Gasteiger partial charge >= 0.3 is 0 Å². The van der Waals surface area contributed by atoms with Crippen LogP contribution in [-0.4, -0.2) is 72.6 Å². The highest BCUT2D eigenvalue weighted by atomic mass is 16.5. The zero-order chi connectivity index (χ0) is 17.1. The van der Waals surface area contributed by atoms with Crippen molar-refractivity contribution in [3.05, 3.63) is 18.3 Å². The van der Waals surface area contributed by atoms with E-state index in [0.29, 0.717) is 23.6 Å². The lowest BCUT2D eigenvalue weighted by atomic mass is 10.0. The molecule has 8 nitrogen and oxygen atoms in total. The van der Waals surface area contributed by atoms with E-state index in [0.717, 1.165) is 58.0 Å². The number of piperidine rings is 1. The second-order valence-corrected chi connectivity index (χ2v) is 6.35. The van der Waals surface area contributed by atoms with Crippen LogP contribution in [-0.2, 0) is 4.74 Å². The number of methoxy groups -OCH3 is 1. The standard InChI is InChI=1S/C17H23N5O3/c1-23-14-2-5-18-15(12-14)16-19-17(20-25-16)22-6-3-13(4-7-22)21-8-10-24-11-9-21/h2,5,12-13H,3-4,6-11H2,1H3. The van der Waals surface area contributed by atoms with Crippen molar-refractivity contribution in [3.63, 3.8) is 0 Å². The van der Waals surface area contributed by atoms with Crippen molar-refractivity contribution < 1.29 is 14.0 Å². The highest BCUT2D eigenvalue weighted by Crippen LogP contribution is 2.25. The van der Waals surface area contributed by atoms with E-state index in [1.54, 1.807) is 25.4 Å². The number of hydrogen-bond donors (Lipinski definition) is 0. The number of morpholine rings is 1. The van der Waals surface area contributed by atoms with E-state index in [2.05, 4.69) is 24.9 Å². The van der Waals surface area contributed by atoms with Gasteiger partial charge in [0.15, 0.2) is 0 Å². The quantitative estimate of drug-likeness (QED) is 0.824. The first-order valence-electron chi connectivity index (χ1n) is 8.74. The molecule has 134 valence electrons. The Morgan fingerprint density at radius 1 is 1.16 bits per heavy atom. The second kappa shape index (κ2) is 7.37. The maximum atomic E-state index is 5.44. The summed E-state index contributed by atoms with van der Waals surface area (Å²) in [6, 6.07) is 4.21. The molecule has 4 heterocycles. The third-order valence-electron chi connectivity index (χ3n) is 4.91. The number of anilines is 1. The van der Waals surface area contributed by atoms with Gasteiger partial charge in [0.1, 0.15) is 11.4 Å². The van der Waals surface area contributed by atoms with Gasteiger partial charge in [-0.2, -0.15) is 4.98 Å². The Hall–Kier alpha value is -2.19. The fourth-order valence-corrected chi connectivity index (χ4v) is 3.48. The average Bonchev–Trinajstić information content (AvgIpc) is 3.19. The summed E-state index contributed by atoms with van der Waals surface area (Å²) in [6.07, 6.45) is 3.90. The molecule has 8 heteroatoms. The van der Waals surface area contributed by atoms with Crippen molar-refractivity contribution in [2.75, 3.05) is 51.4 Å². The van der Waals surface area contributed by atoms with Gasteiger partial charge in [0.2, 0.25) is 0 Å². The molecule has 0 amide bonds. The molecule has 0 radical (unpaired) electrons. The number of ether oxygens (including phenoxy) is 2. The maximum absolute atomic E-state index is 5.44. The lowest BCUT2D eigenvalue weighted by molar-refractivity contribution is 0.0114. The minimum Gasteiger partial charge on any atom is -0.497 e. The van der Waals surface area contributed by atoms with Crippen LogP contribution in [0.1, 0.15) is 12.8 Å².